The van der Waals surface area contributed by atoms with Crippen LogP contribution in [0.1, 0.15) is 5.56 Å². The Bertz CT molecular complexity index is 533. The topological polar surface area (TPSA) is 59.1 Å². The van der Waals surface area contributed by atoms with E-state index >= 15 is 0 Å². The van der Waals surface area contributed by atoms with E-state index in [1.807, 2.05) is 24.3 Å². The molecule has 1 unspecified atom stereocenters. The zero-order valence-corrected chi connectivity index (χ0v) is 11.9. The molecular formula is C14H15ClN2OS. The van der Waals surface area contributed by atoms with Gasteiger partial charge in [-0.05, 0) is 35.9 Å². The second kappa shape index (κ2) is 6.80. The summed E-state index contributed by atoms with van der Waals surface area (Å²) in [6, 6.07) is 9.31. The molecule has 0 saturated carbocycles. The van der Waals surface area contributed by atoms with Gasteiger partial charge in [0.15, 0.2) is 0 Å². The molecule has 0 fully saturated rings. The van der Waals surface area contributed by atoms with Crippen molar-refractivity contribution in [2.24, 2.45) is 0 Å². The summed E-state index contributed by atoms with van der Waals surface area (Å²) in [5, 5.41) is 10.7. The van der Waals surface area contributed by atoms with E-state index in [0.29, 0.717) is 22.9 Å². The van der Waals surface area contributed by atoms with Gasteiger partial charge in [0.1, 0.15) is 0 Å². The van der Waals surface area contributed by atoms with Crippen LogP contribution in [0.25, 0.3) is 0 Å². The van der Waals surface area contributed by atoms with Gasteiger partial charge >= 0.3 is 0 Å². The zero-order chi connectivity index (χ0) is 13.7. The Balaban J connectivity index is 1.86. The molecule has 5 heteroatoms. The van der Waals surface area contributed by atoms with Gasteiger partial charge in [-0.25, -0.2) is 0 Å². The summed E-state index contributed by atoms with van der Waals surface area (Å²) in [7, 11) is 0. The van der Waals surface area contributed by atoms with Gasteiger partial charge in [-0.15, -0.1) is 11.8 Å². The third kappa shape index (κ3) is 4.42. The number of aromatic nitrogens is 1. The minimum atomic E-state index is -0.452. The molecule has 3 N–H and O–H groups in total. The number of hydrogen-bond donors (Lipinski definition) is 2. The van der Waals surface area contributed by atoms with Crippen molar-refractivity contribution >= 4 is 29.1 Å². The maximum atomic E-state index is 10.0. The van der Waals surface area contributed by atoms with Crippen LogP contribution in [0.15, 0.2) is 47.6 Å². The lowest BCUT2D eigenvalue weighted by atomic mass is 10.1. The number of benzene rings is 1. The van der Waals surface area contributed by atoms with Crippen LogP contribution in [-0.4, -0.2) is 21.9 Å². The molecule has 0 aliphatic rings. The maximum Gasteiger partial charge on any atom is 0.0675 e. The average molecular weight is 295 g/mol. The second-order valence-electron chi connectivity index (χ2n) is 4.20. The number of pyridine rings is 1. The third-order valence-electron chi connectivity index (χ3n) is 2.65. The van der Waals surface area contributed by atoms with Crippen molar-refractivity contribution in [1.82, 2.24) is 4.98 Å². The molecule has 19 heavy (non-hydrogen) atoms. The average Bonchev–Trinajstić information content (AvgIpc) is 2.41. The monoisotopic (exact) mass is 294 g/mol. The van der Waals surface area contributed by atoms with Crippen LogP contribution in [0.4, 0.5) is 5.69 Å². The Kier molecular flexibility index (Phi) is 5.07. The predicted molar refractivity (Wildman–Crippen MR) is 80.5 cm³/mol. The fourth-order valence-electron chi connectivity index (χ4n) is 1.64. The third-order valence-corrected chi connectivity index (χ3v) is 4.06. The summed E-state index contributed by atoms with van der Waals surface area (Å²) in [5.41, 5.74) is 7.37. The quantitative estimate of drug-likeness (QED) is 0.832. The highest BCUT2D eigenvalue weighted by Crippen LogP contribution is 2.22. The summed E-state index contributed by atoms with van der Waals surface area (Å²) >= 11 is 7.41. The highest BCUT2D eigenvalue weighted by molar-refractivity contribution is 7.99. The first kappa shape index (κ1) is 14.2. The first-order valence-corrected chi connectivity index (χ1v) is 7.26. The number of rotatable bonds is 5. The molecule has 1 heterocycles. The molecule has 0 bridgehead atoms. The Labute approximate surface area is 121 Å². The number of aliphatic hydroxyl groups is 1. The van der Waals surface area contributed by atoms with Crippen molar-refractivity contribution in [3.8, 4) is 0 Å². The van der Waals surface area contributed by atoms with Gasteiger partial charge in [0, 0.05) is 40.2 Å². The molecule has 3 nitrogen and oxygen atoms in total. The SMILES string of the molecule is Nc1ccncc1CC(O)CSc1ccc(Cl)cc1. The summed E-state index contributed by atoms with van der Waals surface area (Å²) in [4.78, 5) is 5.10. The number of halogens is 1. The van der Waals surface area contributed by atoms with Gasteiger partial charge in [0.25, 0.3) is 0 Å². The number of thioether (sulfide) groups is 1. The number of aliphatic hydroxyl groups excluding tert-OH is 1. The highest BCUT2D eigenvalue weighted by Gasteiger charge is 2.09. The molecule has 2 aromatic rings. The molecule has 1 aromatic carbocycles. The van der Waals surface area contributed by atoms with Gasteiger partial charge in [-0.3, -0.25) is 4.98 Å². The van der Waals surface area contributed by atoms with Crippen molar-refractivity contribution in [2.45, 2.75) is 17.4 Å². The summed E-state index contributed by atoms with van der Waals surface area (Å²) in [6.07, 6.45) is 3.41. The zero-order valence-electron chi connectivity index (χ0n) is 10.3. The molecular weight excluding hydrogens is 280 g/mol. The molecule has 1 atom stereocenters. The summed E-state index contributed by atoms with van der Waals surface area (Å²) in [6.45, 7) is 0. The summed E-state index contributed by atoms with van der Waals surface area (Å²) in [5.74, 6) is 0.607. The van der Waals surface area contributed by atoms with Gasteiger partial charge in [-0.2, -0.15) is 0 Å². The number of hydrogen-bond acceptors (Lipinski definition) is 4. The van der Waals surface area contributed by atoms with E-state index in [9.17, 15) is 5.11 Å². The van der Waals surface area contributed by atoms with E-state index in [-0.39, 0.29) is 0 Å². The predicted octanol–water partition coefficient (Wildman–Crippen LogP) is 3.01. The number of anilines is 1. The molecule has 1 aromatic heterocycles. The lowest BCUT2D eigenvalue weighted by Crippen LogP contribution is -2.14. The van der Waals surface area contributed by atoms with Gasteiger partial charge < -0.3 is 10.8 Å². The minimum Gasteiger partial charge on any atom is -0.398 e. The lowest BCUT2D eigenvalue weighted by molar-refractivity contribution is 0.200. The summed E-state index contributed by atoms with van der Waals surface area (Å²) < 4.78 is 0. The Morgan fingerprint density at radius 2 is 2.00 bits per heavy atom. The van der Waals surface area contributed by atoms with E-state index in [1.54, 1.807) is 30.2 Å². The Morgan fingerprint density at radius 3 is 2.68 bits per heavy atom. The van der Waals surface area contributed by atoms with E-state index in [4.69, 9.17) is 17.3 Å². The van der Waals surface area contributed by atoms with Gasteiger partial charge in [0.05, 0.1) is 6.10 Å². The van der Waals surface area contributed by atoms with Crippen LogP contribution in [0.3, 0.4) is 0 Å². The first-order valence-electron chi connectivity index (χ1n) is 5.90. The molecule has 0 radical (unpaired) electrons. The van der Waals surface area contributed by atoms with Crippen LogP contribution in [-0.2, 0) is 6.42 Å². The molecule has 0 spiro atoms. The number of nitrogens with zero attached hydrogens (tertiary/aromatic N) is 1. The first-order chi connectivity index (χ1) is 9.15. The largest absolute Gasteiger partial charge is 0.398 e. The van der Waals surface area contributed by atoms with E-state index < -0.39 is 6.10 Å². The van der Waals surface area contributed by atoms with Crippen molar-refractivity contribution in [3.05, 3.63) is 53.3 Å². The van der Waals surface area contributed by atoms with Crippen LogP contribution in [0.2, 0.25) is 5.02 Å². The molecule has 0 saturated heterocycles. The van der Waals surface area contributed by atoms with Crippen molar-refractivity contribution in [3.63, 3.8) is 0 Å². The van der Waals surface area contributed by atoms with E-state index in [2.05, 4.69) is 4.98 Å². The normalized spacial score (nSPS) is 12.3. The standard InChI is InChI=1S/C14H15ClN2OS/c15-11-1-3-13(4-2-11)19-9-12(18)7-10-8-17-6-5-14(10)16/h1-6,8,12,18H,7,9H2,(H2,16,17). The van der Waals surface area contributed by atoms with Gasteiger partial charge in [-0.1, -0.05) is 11.6 Å². The molecule has 0 aliphatic heterocycles. The maximum absolute atomic E-state index is 10.0. The van der Waals surface area contributed by atoms with Crippen LogP contribution >= 0.6 is 23.4 Å². The number of nitrogen functional groups attached to an aromatic ring is 1. The lowest BCUT2D eigenvalue weighted by Gasteiger charge is -2.11. The van der Waals surface area contributed by atoms with Crippen molar-refractivity contribution in [2.75, 3.05) is 11.5 Å². The number of nitrogens with two attached hydrogens (primary N) is 1. The van der Waals surface area contributed by atoms with Crippen LogP contribution in [0.5, 0.6) is 0 Å². The van der Waals surface area contributed by atoms with Crippen molar-refractivity contribution in [1.29, 1.82) is 0 Å². The van der Waals surface area contributed by atoms with E-state index in [0.717, 1.165) is 10.5 Å². The fraction of sp³-hybridized carbons (Fsp3) is 0.214. The smallest absolute Gasteiger partial charge is 0.0675 e. The highest BCUT2D eigenvalue weighted by atomic mass is 35.5. The Hall–Kier alpha value is -1.23. The second-order valence-corrected chi connectivity index (χ2v) is 5.73. The van der Waals surface area contributed by atoms with Gasteiger partial charge in [0.2, 0.25) is 0 Å². The Morgan fingerprint density at radius 1 is 1.26 bits per heavy atom. The van der Waals surface area contributed by atoms with Crippen LogP contribution in [0, 0.1) is 0 Å². The fourth-order valence-corrected chi connectivity index (χ4v) is 2.60. The molecule has 2 rings (SSSR count). The molecule has 100 valence electrons. The molecule has 0 amide bonds. The van der Waals surface area contributed by atoms with Crippen molar-refractivity contribution < 1.29 is 5.11 Å². The molecule has 0 aliphatic carbocycles. The van der Waals surface area contributed by atoms with Crippen LogP contribution < -0.4 is 5.73 Å². The van der Waals surface area contributed by atoms with E-state index in [1.165, 1.54) is 0 Å². The minimum absolute atomic E-state index is 0.452.